The number of imidazole rings is 1. The first-order chi connectivity index (χ1) is 15.4. The van der Waals surface area contributed by atoms with Gasteiger partial charge in [0, 0.05) is 38.3 Å². The SMILES string of the molecule is CNCC1CC(N2CC(F)C2)CN(c2cc(-c3cnc(/C=C\C(=N)C(F)F)[nH]3)ncn2)C1. The van der Waals surface area contributed by atoms with Gasteiger partial charge in [0.1, 0.15) is 24.1 Å². The van der Waals surface area contributed by atoms with E-state index in [2.05, 4.69) is 35.1 Å². The van der Waals surface area contributed by atoms with Gasteiger partial charge in [-0.3, -0.25) is 10.3 Å². The van der Waals surface area contributed by atoms with E-state index in [1.165, 1.54) is 12.4 Å². The number of likely N-dealkylation sites (tertiary alicyclic amines) is 1. The Morgan fingerprint density at radius 3 is 2.81 bits per heavy atom. The topological polar surface area (TPSA) is 96.8 Å². The van der Waals surface area contributed by atoms with Gasteiger partial charge in [0.05, 0.1) is 23.3 Å². The molecule has 0 aromatic carbocycles. The first-order valence-corrected chi connectivity index (χ1v) is 10.6. The number of hydrogen-bond acceptors (Lipinski definition) is 7. The van der Waals surface area contributed by atoms with Crippen LogP contribution < -0.4 is 10.2 Å². The zero-order valence-electron chi connectivity index (χ0n) is 17.8. The zero-order chi connectivity index (χ0) is 22.7. The summed E-state index contributed by atoms with van der Waals surface area (Å²) in [5, 5.41) is 10.4. The zero-order valence-corrected chi connectivity index (χ0v) is 17.8. The van der Waals surface area contributed by atoms with Crippen molar-refractivity contribution in [1.82, 2.24) is 30.2 Å². The molecule has 0 bridgehead atoms. The van der Waals surface area contributed by atoms with Crippen LogP contribution in [0, 0.1) is 11.3 Å². The summed E-state index contributed by atoms with van der Waals surface area (Å²) in [6.07, 6.45) is 2.89. The van der Waals surface area contributed by atoms with Gasteiger partial charge < -0.3 is 15.2 Å². The molecule has 2 aliphatic heterocycles. The van der Waals surface area contributed by atoms with Crippen LogP contribution in [0.15, 0.2) is 24.7 Å². The molecule has 2 aromatic rings. The van der Waals surface area contributed by atoms with Crippen molar-refractivity contribution in [3.05, 3.63) is 30.5 Å². The summed E-state index contributed by atoms with van der Waals surface area (Å²) in [5.74, 6) is 1.56. The van der Waals surface area contributed by atoms with Crippen molar-refractivity contribution < 1.29 is 13.2 Å². The predicted octanol–water partition coefficient (Wildman–Crippen LogP) is 2.23. The first-order valence-electron chi connectivity index (χ1n) is 10.6. The van der Waals surface area contributed by atoms with Crippen molar-refractivity contribution in [2.24, 2.45) is 5.92 Å². The summed E-state index contributed by atoms with van der Waals surface area (Å²) in [7, 11) is 1.94. The normalized spacial score (nSPS) is 22.6. The van der Waals surface area contributed by atoms with Crippen LogP contribution in [-0.4, -0.2) is 89.0 Å². The van der Waals surface area contributed by atoms with Gasteiger partial charge in [0.15, 0.2) is 0 Å². The lowest BCUT2D eigenvalue weighted by atomic mass is 9.91. The third-order valence-electron chi connectivity index (χ3n) is 5.89. The molecule has 2 unspecified atom stereocenters. The van der Waals surface area contributed by atoms with E-state index in [9.17, 15) is 13.2 Å². The lowest BCUT2D eigenvalue weighted by molar-refractivity contribution is 0.0153. The molecule has 2 aliphatic rings. The fourth-order valence-corrected chi connectivity index (χ4v) is 4.28. The Hall–Kier alpha value is -2.79. The van der Waals surface area contributed by atoms with E-state index in [0.29, 0.717) is 36.2 Å². The summed E-state index contributed by atoms with van der Waals surface area (Å²) in [4.78, 5) is 20.4. The van der Waals surface area contributed by atoms with E-state index < -0.39 is 18.3 Å². The number of rotatable bonds is 8. The van der Waals surface area contributed by atoms with Crippen LogP contribution in [0.2, 0.25) is 0 Å². The number of nitrogens with one attached hydrogen (secondary N) is 3. The minimum Gasteiger partial charge on any atom is -0.355 e. The Kier molecular flexibility index (Phi) is 6.85. The van der Waals surface area contributed by atoms with Gasteiger partial charge in [-0.15, -0.1) is 0 Å². The highest BCUT2D eigenvalue weighted by Crippen LogP contribution is 2.29. The average molecular weight is 448 g/mol. The fraction of sp³-hybridized carbons (Fsp3) is 0.524. The van der Waals surface area contributed by atoms with Crippen LogP contribution in [-0.2, 0) is 0 Å². The monoisotopic (exact) mass is 448 g/mol. The highest BCUT2D eigenvalue weighted by Gasteiger charge is 2.37. The van der Waals surface area contributed by atoms with Gasteiger partial charge in [0.25, 0.3) is 6.43 Å². The molecule has 11 heteroatoms. The largest absolute Gasteiger partial charge is 0.355 e. The molecule has 172 valence electrons. The fourth-order valence-electron chi connectivity index (χ4n) is 4.28. The molecule has 2 fully saturated rings. The third kappa shape index (κ3) is 5.16. The van der Waals surface area contributed by atoms with Crippen LogP contribution in [0.1, 0.15) is 12.2 Å². The second kappa shape index (κ2) is 9.78. The molecular weight excluding hydrogens is 421 g/mol. The summed E-state index contributed by atoms with van der Waals surface area (Å²) in [6.45, 7) is 3.48. The minimum atomic E-state index is -2.82. The van der Waals surface area contributed by atoms with Crippen LogP contribution >= 0.6 is 0 Å². The number of aromatic amines is 1. The highest BCUT2D eigenvalue weighted by atomic mass is 19.3. The van der Waals surface area contributed by atoms with Crippen molar-refractivity contribution in [3.8, 4) is 11.4 Å². The van der Waals surface area contributed by atoms with Crippen LogP contribution in [0.4, 0.5) is 19.0 Å². The van der Waals surface area contributed by atoms with Crippen molar-refractivity contribution in [2.45, 2.75) is 25.1 Å². The van der Waals surface area contributed by atoms with Crippen LogP contribution in [0.5, 0.6) is 0 Å². The molecular formula is C21H27F3N8. The molecule has 0 amide bonds. The van der Waals surface area contributed by atoms with Crippen LogP contribution in [0.25, 0.3) is 17.5 Å². The van der Waals surface area contributed by atoms with Gasteiger partial charge in [-0.05, 0) is 38.1 Å². The maximum absolute atomic E-state index is 13.4. The number of allylic oxidation sites excluding steroid dienone is 1. The Bertz CT molecular complexity index is 956. The van der Waals surface area contributed by atoms with E-state index in [4.69, 9.17) is 5.41 Å². The standard InChI is InChI=1S/C21H27F3N8/c1-26-6-13-4-15(31-9-14(22)10-31)11-32(8-13)20-5-17(28-12-29-20)18-7-27-19(30-18)3-2-16(25)21(23)24/h2-3,5,7,12-15,21,25-26H,4,6,8-11H2,1H3,(H,27,30)/b3-2-,25-16?. The number of halogens is 3. The number of hydrogen-bond donors (Lipinski definition) is 3. The first kappa shape index (κ1) is 22.4. The molecule has 2 atom stereocenters. The summed E-state index contributed by atoms with van der Waals surface area (Å²) < 4.78 is 38.4. The molecule has 4 rings (SSSR count). The number of anilines is 1. The maximum Gasteiger partial charge on any atom is 0.279 e. The third-order valence-corrected chi connectivity index (χ3v) is 5.89. The summed E-state index contributed by atoms with van der Waals surface area (Å²) in [6, 6.07) is 2.15. The number of piperidine rings is 1. The highest BCUT2D eigenvalue weighted by molar-refractivity contribution is 5.97. The number of aromatic nitrogens is 4. The van der Waals surface area contributed by atoms with E-state index in [-0.39, 0.29) is 6.04 Å². The number of alkyl halides is 3. The Morgan fingerprint density at radius 2 is 2.09 bits per heavy atom. The van der Waals surface area contributed by atoms with Gasteiger partial charge in [-0.1, -0.05) is 0 Å². The Morgan fingerprint density at radius 1 is 1.28 bits per heavy atom. The molecule has 0 saturated carbocycles. The van der Waals surface area contributed by atoms with E-state index in [1.54, 1.807) is 6.20 Å². The van der Waals surface area contributed by atoms with Crippen molar-refractivity contribution >= 4 is 17.6 Å². The minimum absolute atomic E-state index is 0.279. The number of H-pyrrole nitrogens is 1. The van der Waals surface area contributed by atoms with Crippen molar-refractivity contribution in [1.29, 1.82) is 5.41 Å². The quantitative estimate of drug-likeness (QED) is 0.536. The lowest BCUT2D eigenvalue weighted by Crippen LogP contribution is -2.60. The molecule has 4 heterocycles. The molecule has 3 N–H and O–H groups in total. The van der Waals surface area contributed by atoms with Gasteiger partial charge in [-0.2, -0.15) is 0 Å². The molecule has 2 saturated heterocycles. The van der Waals surface area contributed by atoms with Crippen molar-refractivity contribution in [3.63, 3.8) is 0 Å². The maximum atomic E-state index is 13.4. The van der Waals surface area contributed by atoms with E-state index in [1.807, 2.05) is 13.1 Å². The predicted molar refractivity (Wildman–Crippen MR) is 117 cm³/mol. The Balaban J connectivity index is 1.50. The Labute approximate surface area is 184 Å². The molecule has 32 heavy (non-hydrogen) atoms. The number of nitrogens with zero attached hydrogens (tertiary/aromatic N) is 5. The lowest BCUT2D eigenvalue weighted by Gasteiger charge is -2.47. The smallest absolute Gasteiger partial charge is 0.279 e. The summed E-state index contributed by atoms with van der Waals surface area (Å²) >= 11 is 0. The van der Waals surface area contributed by atoms with Gasteiger partial charge in [0.2, 0.25) is 0 Å². The van der Waals surface area contributed by atoms with Gasteiger partial charge >= 0.3 is 0 Å². The molecule has 0 radical (unpaired) electrons. The van der Waals surface area contributed by atoms with Gasteiger partial charge in [-0.25, -0.2) is 28.1 Å². The van der Waals surface area contributed by atoms with Crippen molar-refractivity contribution in [2.75, 3.05) is 44.7 Å². The average Bonchev–Trinajstić information content (AvgIpc) is 3.24. The van der Waals surface area contributed by atoms with E-state index in [0.717, 1.165) is 37.9 Å². The van der Waals surface area contributed by atoms with Crippen LogP contribution in [0.3, 0.4) is 0 Å². The second-order valence-electron chi connectivity index (χ2n) is 8.30. The molecule has 0 spiro atoms. The molecule has 8 nitrogen and oxygen atoms in total. The van der Waals surface area contributed by atoms with E-state index >= 15 is 0 Å². The molecule has 2 aromatic heterocycles. The molecule has 0 aliphatic carbocycles. The summed E-state index contributed by atoms with van der Waals surface area (Å²) in [5.41, 5.74) is 0.482. The second-order valence-corrected chi connectivity index (χ2v) is 8.30.